The van der Waals surface area contributed by atoms with Crippen molar-refractivity contribution in [1.82, 2.24) is 4.90 Å². The summed E-state index contributed by atoms with van der Waals surface area (Å²) in [5.74, 6) is 1.55. The average molecular weight is 426 g/mol. The second-order valence-electron chi connectivity index (χ2n) is 8.71. The van der Waals surface area contributed by atoms with Crippen molar-refractivity contribution in [2.45, 2.75) is 25.4 Å². The zero-order valence-corrected chi connectivity index (χ0v) is 18.4. The van der Waals surface area contributed by atoms with Gasteiger partial charge in [0.15, 0.2) is 0 Å². The molecule has 1 fully saturated rings. The monoisotopic (exact) mass is 425 g/mol. The molecule has 1 atom stereocenters. The molecule has 0 radical (unpaired) electrons. The number of hydrogen-bond donors (Lipinski definition) is 2. The lowest BCUT2D eigenvalue weighted by molar-refractivity contribution is -0.119. The Morgan fingerprint density at radius 3 is 2.61 bits per heavy atom. The molecular weight excluding hydrogens is 394 g/mol. The van der Waals surface area contributed by atoms with Crippen LogP contribution in [-0.4, -0.2) is 68.5 Å². The molecule has 0 saturated carbocycles. The van der Waals surface area contributed by atoms with E-state index in [0.717, 1.165) is 48.9 Å². The third-order valence-electron chi connectivity index (χ3n) is 6.19. The van der Waals surface area contributed by atoms with Crippen molar-refractivity contribution in [1.29, 1.82) is 0 Å². The molecule has 0 aliphatic carbocycles. The zero-order chi connectivity index (χ0) is 22.0. The number of fused-ring (bicyclic) bond motifs is 1. The average Bonchev–Trinajstić information content (AvgIpc) is 3.01. The number of methoxy groups -OCH3 is 1. The van der Waals surface area contributed by atoms with Gasteiger partial charge in [0.25, 0.3) is 0 Å². The molecule has 2 N–H and O–H groups in total. The Bertz CT molecular complexity index is 938. The Labute approximate surface area is 183 Å². The van der Waals surface area contributed by atoms with Gasteiger partial charge in [0.2, 0.25) is 5.91 Å². The molecule has 7 heteroatoms. The van der Waals surface area contributed by atoms with Gasteiger partial charge >= 0.3 is 0 Å². The van der Waals surface area contributed by atoms with Gasteiger partial charge in [-0.2, -0.15) is 0 Å². The molecule has 1 saturated heterocycles. The summed E-state index contributed by atoms with van der Waals surface area (Å²) in [6.45, 7) is 8.09. The van der Waals surface area contributed by atoms with E-state index in [-0.39, 0.29) is 12.5 Å². The van der Waals surface area contributed by atoms with Gasteiger partial charge in [-0.25, -0.2) is 0 Å². The smallest absolute Gasteiger partial charge is 0.234 e. The minimum Gasteiger partial charge on any atom is -0.495 e. The van der Waals surface area contributed by atoms with E-state index in [1.54, 1.807) is 7.11 Å². The van der Waals surface area contributed by atoms with E-state index >= 15 is 0 Å². The first-order valence-electron chi connectivity index (χ1n) is 10.8. The lowest BCUT2D eigenvalue weighted by Crippen LogP contribution is -2.49. The SMILES string of the molecule is COc1ccccc1N1CCN(CC(O)COc2ccc3c(c2)C(C)(C)C(=O)N3)CC1. The van der Waals surface area contributed by atoms with Gasteiger partial charge in [-0.15, -0.1) is 0 Å². The predicted molar refractivity (Wildman–Crippen MR) is 121 cm³/mol. The Hall–Kier alpha value is -2.77. The van der Waals surface area contributed by atoms with Crippen LogP contribution in [0.15, 0.2) is 42.5 Å². The van der Waals surface area contributed by atoms with E-state index < -0.39 is 11.5 Å². The van der Waals surface area contributed by atoms with Crippen molar-refractivity contribution in [3.05, 3.63) is 48.0 Å². The van der Waals surface area contributed by atoms with Crippen molar-refractivity contribution in [3.8, 4) is 11.5 Å². The van der Waals surface area contributed by atoms with Crippen molar-refractivity contribution in [3.63, 3.8) is 0 Å². The molecular formula is C24H31N3O4. The van der Waals surface area contributed by atoms with Gasteiger partial charge in [-0.3, -0.25) is 9.69 Å². The standard InChI is InChI=1S/C24H31N3O4/c1-24(2)19-14-18(8-9-20(19)25-23(24)29)31-16-17(28)15-26-10-12-27(13-11-26)21-6-4-5-7-22(21)30-3/h4-9,14,17,28H,10-13,15-16H2,1-3H3,(H,25,29). The maximum atomic E-state index is 12.1. The summed E-state index contributed by atoms with van der Waals surface area (Å²) >= 11 is 0. The summed E-state index contributed by atoms with van der Waals surface area (Å²) in [6, 6.07) is 13.7. The summed E-state index contributed by atoms with van der Waals surface area (Å²) in [6.07, 6.45) is -0.584. The number of hydrogen-bond acceptors (Lipinski definition) is 6. The number of piperazine rings is 1. The Morgan fingerprint density at radius 1 is 1.13 bits per heavy atom. The molecule has 2 aliphatic heterocycles. The minimum absolute atomic E-state index is 0.00745. The lowest BCUT2D eigenvalue weighted by Gasteiger charge is -2.37. The van der Waals surface area contributed by atoms with Crippen LogP contribution >= 0.6 is 0 Å². The van der Waals surface area contributed by atoms with E-state index in [2.05, 4.69) is 21.2 Å². The number of anilines is 2. The van der Waals surface area contributed by atoms with Gasteiger partial charge in [-0.1, -0.05) is 12.1 Å². The summed E-state index contributed by atoms with van der Waals surface area (Å²) in [4.78, 5) is 16.7. The second kappa shape index (κ2) is 8.77. The van der Waals surface area contributed by atoms with Crippen LogP contribution in [0, 0.1) is 0 Å². The van der Waals surface area contributed by atoms with Crippen LogP contribution in [0.25, 0.3) is 0 Å². The molecule has 31 heavy (non-hydrogen) atoms. The number of β-amino-alcohol motifs (C(OH)–C–C–N with tert-alkyl or cyclic N) is 1. The highest BCUT2D eigenvalue weighted by Gasteiger charge is 2.38. The Balaban J connectivity index is 1.27. The first kappa shape index (κ1) is 21.5. The predicted octanol–water partition coefficient (Wildman–Crippen LogP) is 2.49. The molecule has 0 bridgehead atoms. The minimum atomic E-state index is -0.584. The number of nitrogens with one attached hydrogen (secondary N) is 1. The quantitative estimate of drug-likeness (QED) is 0.710. The number of ether oxygens (including phenoxy) is 2. The van der Waals surface area contributed by atoms with Crippen LogP contribution in [0.3, 0.4) is 0 Å². The van der Waals surface area contributed by atoms with Crippen LogP contribution in [0.5, 0.6) is 11.5 Å². The van der Waals surface area contributed by atoms with Crippen LogP contribution in [-0.2, 0) is 10.2 Å². The Kier molecular flexibility index (Phi) is 6.07. The molecule has 0 spiro atoms. The normalized spacial score (nSPS) is 19.0. The molecule has 1 amide bonds. The molecule has 0 aromatic heterocycles. The number of aliphatic hydroxyl groups excluding tert-OH is 1. The maximum absolute atomic E-state index is 12.1. The number of carbonyl (C=O) groups is 1. The topological polar surface area (TPSA) is 74.3 Å². The van der Waals surface area contributed by atoms with E-state index in [0.29, 0.717) is 12.3 Å². The van der Waals surface area contributed by atoms with Crippen molar-refractivity contribution < 1.29 is 19.4 Å². The Morgan fingerprint density at radius 2 is 1.87 bits per heavy atom. The van der Waals surface area contributed by atoms with E-state index in [1.807, 2.05) is 50.2 Å². The highest BCUT2D eigenvalue weighted by atomic mass is 16.5. The number of amides is 1. The molecule has 1 unspecified atom stereocenters. The highest BCUT2D eigenvalue weighted by Crippen LogP contribution is 2.39. The van der Waals surface area contributed by atoms with Crippen LogP contribution in [0.2, 0.25) is 0 Å². The molecule has 2 aromatic rings. The van der Waals surface area contributed by atoms with Crippen LogP contribution in [0.4, 0.5) is 11.4 Å². The number of nitrogens with zero attached hydrogens (tertiary/aromatic N) is 2. The first-order chi connectivity index (χ1) is 14.9. The highest BCUT2D eigenvalue weighted by molar-refractivity contribution is 6.05. The van der Waals surface area contributed by atoms with Gasteiger partial charge in [0.05, 0.1) is 18.2 Å². The van der Waals surface area contributed by atoms with E-state index in [9.17, 15) is 9.90 Å². The number of carbonyl (C=O) groups excluding carboxylic acids is 1. The first-order valence-corrected chi connectivity index (χ1v) is 10.8. The van der Waals surface area contributed by atoms with Gasteiger partial charge in [0, 0.05) is 38.4 Å². The summed E-state index contributed by atoms with van der Waals surface area (Å²) in [7, 11) is 1.70. The lowest BCUT2D eigenvalue weighted by atomic mass is 9.86. The van der Waals surface area contributed by atoms with Crippen molar-refractivity contribution in [2.75, 3.05) is 56.7 Å². The summed E-state index contributed by atoms with van der Waals surface area (Å²) in [5.41, 5.74) is 2.29. The maximum Gasteiger partial charge on any atom is 0.234 e. The molecule has 2 aliphatic rings. The number of benzene rings is 2. The number of rotatable bonds is 7. The third kappa shape index (κ3) is 4.48. The fourth-order valence-corrected chi connectivity index (χ4v) is 4.25. The van der Waals surface area contributed by atoms with Gasteiger partial charge < -0.3 is 24.8 Å². The van der Waals surface area contributed by atoms with Crippen LogP contribution in [0.1, 0.15) is 19.4 Å². The fourth-order valence-electron chi connectivity index (χ4n) is 4.25. The number of para-hydroxylation sites is 2. The third-order valence-corrected chi connectivity index (χ3v) is 6.19. The molecule has 2 aromatic carbocycles. The molecule has 7 nitrogen and oxygen atoms in total. The molecule has 4 rings (SSSR count). The van der Waals surface area contributed by atoms with Gasteiger partial charge in [0.1, 0.15) is 24.2 Å². The number of aliphatic hydroxyl groups is 1. The molecule has 2 heterocycles. The van der Waals surface area contributed by atoms with E-state index in [4.69, 9.17) is 9.47 Å². The van der Waals surface area contributed by atoms with E-state index in [1.165, 1.54) is 0 Å². The van der Waals surface area contributed by atoms with Crippen molar-refractivity contribution in [2.24, 2.45) is 0 Å². The summed E-state index contributed by atoms with van der Waals surface area (Å²) in [5, 5.41) is 13.4. The van der Waals surface area contributed by atoms with Gasteiger partial charge in [-0.05, 0) is 49.7 Å². The largest absolute Gasteiger partial charge is 0.495 e. The zero-order valence-electron chi connectivity index (χ0n) is 18.4. The van der Waals surface area contributed by atoms with Crippen molar-refractivity contribution >= 4 is 17.3 Å². The van der Waals surface area contributed by atoms with Crippen LogP contribution < -0.4 is 19.7 Å². The second-order valence-corrected chi connectivity index (χ2v) is 8.71. The summed E-state index contributed by atoms with van der Waals surface area (Å²) < 4.78 is 11.3. The molecule has 166 valence electrons. The fraction of sp³-hybridized carbons (Fsp3) is 0.458.